The summed E-state index contributed by atoms with van der Waals surface area (Å²) in [5, 5.41) is 0. The van der Waals surface area contributed by atoms with E-state index in [-0.39, 0.29) is 5.91 Å². The molecule has 0 spiro atoms. The Kier molecular flexibility index (Phi) is 8.15. The Morgan fingerprint density at radius 2 is 1.76 bits per heavy atom. The number of anilines is 1. The predicted octanol–water partition coefficient (Wildman–Crippen LogP) is 4.16. The molecular formula is C28H29N3O3. The third-order valence-corrected chi connectivity index (χ3v) is 5.66. The highest BCUT2D eigenvalue weighted by Crippen LogP contribution is 2.20. The first-order valence-electron chi connectivity index (χ1n) is 11.5. The van der Waals surface area contributed by atoms with Gasteiger partial charge in [0.25, 0.3) is 5.91 Å². The number of morpholine rings is 1. The number of benzene rings is 2. The molecule has 1 aliphatic rings. The number of amides is 1. The average molecular weight is 456 g/mol. The summed E-state index contributed by atoms with van der Waals surface area (Å²) in [6.07, 6.45) is 3.54. The van der Waals surface area contributed by atoms with E-state index in [4.69, 9.17) is 9.47 Å². The zero-order valence-corrected chi connectivity index (χ0v) is 19.4. The quantitative estimate of drug-likeness (QED) is 0.478. The predicted molar refractivity (Wildman–Crippen MR) is 133 cm³/mol. The number of aromatic nitrogens is 1. The van der Waals surface area contributed by atoms with E-state index in [1.807, 2.05) is 65.6 Å². The third kappa shape index (κ3) is 6.37. The fraction of sp³-hybridized carbons (Fsp3) is 0.286. The van der Waals surface area contributed by atoms with Gasteiger partial charge in [0.1, 0.15) is 12.4 Å². The number of carbonyl (C=O) groups excluding carboxylic acids is 1. The number of hydrogen-bond acceptors (Lipinski definition) is 5. The molecule has 2 heterocycles. The molecule has 4 rings (SSSR count). The van der Waals surface area contributed by atoms with Crippen LogP contribution in [0.1, 0.15) is 28.4 Å². The van der Waals surface area contributed by atoms with Crippen LogP contribution in [0.2, 0.25) is 0 Å². The van der Waals surface area contributed by atoms with E-state index in [2.05, 4.69) is 21.7 Å². The highest BCUT2D eigenvalue weighted by Gasteiger charge is 2.18. The second-order valence-corrected chi connectivity index (χ2v) is 8.03. The van der Waals surface area contributed by atoms with Crippen LogP contribution in [-0.4, -0.2) is 48.7 Å². The Morgan fingerprint density at radius 1 is 1.03 bits per heavy atom. The van der Waals surface area contributed by atoms with Crippen molar-refractivity contribution in [3.05, 3.63) is 89.7 Å². The fourth-order valence-electron chi connectivity index (χ4n) is 3.83. The second-order valence-electron chi connectivity index (χ2n) is 8.03. The average Bonchev–Trinajstić information content (AvgIpc) is 2.90. The highest BCUT2D eigenvalue weighted by atomic mass is 16.5. The molecule has 174 valence electrons. The van der Waals surface area contributed by atoms with Gasteiger partial charge < -0.3 is 19.3 Å². The van der Waals surface area contributed by atoms with Crippen LogP contribution in [0, 0.1) is 11.8 Å². The lowest BCUT2D eigenvalue weighted by atomic mass is 10.1. The summed E-state index contributed by atoms with van der Waals surface area (Å²) in [5.41, 5.74) is 3.79. The third-order valence-electron chi connectivity index (χ3n) is 5.66. The van der Waals surface area contributed by atoms with Crippen LogP contribution in [0.15, 0.2) is 73.1 Å². The van der Waals surface area contributed by atoms with Gasteiger partial charge in [0.05, 0.1) is 13.2 Å². The molecule has 0 unspecified atom stereocenters. The van der Waals surface area contributed by atoms with Crippen LogP contribution < -0.4 is 9.64 Å². The molecule has 0 bridgehead atoms. The van der Waals surface area contributed by atoms with Crippen LogP contribution in [0.25, 0.3) is 0 Å². The summed E-state index contributed by atoms with van der Waals surface area (Å²) >= 11 is 0. The number of ether oxygens (including phenoxy) is 2. The van der Waals surface area contributed by atoms with Gasteiger partial charge in [-0.1, -0.05) is 24.1 Å². The second kappa shape index (κ2) is 11.9. The maximum Gasteiger partial charge on any atom is 0.254 e. The molecule has 0 saturated carbocycles. The molecule has 2 aromatic carbocycles. The van der Waals surface area contributed by atoms with Crippen molar-refractivity contribution in [1.29, 1.82) is 0 Å². The van der Waals surface area contributed by atoms with E-state index < -0.39 is 0 Å². The van der Waals surface area contributed by atoms with Crippen LogP contribution in [0.3, 0.4) is 0 Å². The molecular weight excluding hydrogens is 426 g/mol. The molecule has 1 amide bonds. The maximum absolute atomic E-state index is 13.5. The zero-order chi connectivity index (χ0) is 23.6. The van der Waals surface area contributed by atoms with Crippen molar-refractivity contribution in [2.45, 2.75) is 20.0 Å². The molecule has 0 atom stereocenters. The van der Waals surface area contributed by atoms with Gasteiger partial charge in [-0.2, -0.15) is 0 Å². The van der Waals surface area contributed by atoms with E-state index in [0.717, 1.165) is 48.9 Å². The van der Waals surface area contributed by atoms with Gasteiger partial charge in [0.2, 0.25) is 0 Å². The molecule has 6 nitrogen and oxygen atoms in total. The van der Waals surface area contributed by atoms with E-state index in [9.17, 15) is 4.79 Å². The van der Waals surface area contributed by atoms with Crippen molar-refractivity contribution in [3.63, 3.8) is 0 Å². The summed E-state index contributed by atoms with van der Waals surface area (Å²) < 4.78 is 11.0. The summed E-state index contributed by atoms with van der Waals surface area (Å²) in [6.45, 7) is 6.30. The lowest BCUT2D eigenvalue weighted by molar-refractivity contribution is 0.0730. The minimum atomic E-state index is -0.0177. The van der Waals surface area contributed by atoms with Crippen LogP contribution in [0.5, 0.6) is 5.75 Å². The van der Waals surface area contributed by atoms with Crippen LogP contribution in [-0.2, 0) is 17.8 Å². The summed E-state index contributed by atoms with van der Waals surface area (Å²) in [4.78, 5) is 21.8. The Labute approximate surface area is 201 Å². The molecule has 1 fully saturated rings. The first-order valence-corrected chi connectivity index (χ1v) is 11.5. The lowest BCUT2D eigenvalue weighted by Gasteiger charge is -2.29. The SMILES string of the molecule is CC#CCOc1ccc(CN(Cc2cccnc2)C(=O)c2ccc(N3CCOCC3)cc2)cc1. The molecule has 1 saturated heterocycles. The van der Waals surface area contributed by atoms with Gasteiger partial charge in [0, 0.05) is 49.8 Å². The topological polar surface area (TPSA) is 54.9 Å². The standard InChI is InChI=1S/C28H29N3O3/c1-2-3-17-34-27-12-6-23(7-13-27)21-31(22-24-5-4-14-29-20-24)28(32)25-8-10-26(11-9-25)30-15-18-33-19-16-30/h4-14,20H,15-19,21-22H2,1H3. The van der Waals surface area contributed by atoms with E-state index in [1.165, 1.54) is 0 Å². The summed E-state index contributed by atoms with van der Waals surface area (Å²) in [6, 6.07) is 19.5. The molecule has 3 aromatic rings. The largest absolute Gasteiger partial charge is 0.481 e. The number of rotatable bonds is 8. The number of hydrogen-bond donors (Lipinski definition) is 0. The van der Waals surface area contributed by atoms with Crippen molar-refractivity contribution in [3.8, 4) is 17.6 Å². The lowest BCUT2D eigenvalue weighted by Crippen LogP contribution is -2.36. The first-order chi connectivity index (χ1) is 16.7. The molecule has 0 aliphatic carbocycles. The summed E-state index contributed by atoms with van der Waals surface area (Å²) in [5.74, 6) is 6.45. The van der Waals surface area contributed by atoms with Gasteiger partial charge in [-0.05, 0) is 60.5 Å². The Bertz CT molecular complexity index is 1110. The number of nitrogens with zero attached hydrogens (tertiary/aromatic N) is 3. The van der Waals surface area contributed by atoms with E-state index >= 15 is 0 Å². The van der Waals surface area contributed by atoms with Gasteiger partial charge in [-0.25, -0.2) is 0 Å². The Balaban J connectivity index is 1.49. The normalized spacial score (nSPS) is 13.0. The van der Waals surface area contributed by atoms with Crippen molar-refractivity contribution in [2.75, 3.05) is 37.8 Å². The maximum atomic E-state index is 13.5. The minimum absolute atomic E-state index is 0.0177. The molecule has 0 radical (unpaired) electrons. The van der Waals surface area contributed by atoms with Crippen molar-refractivity contribution in [2.24, 2.45) is 0 Å². The zero-order valence-electron chi connectivity index (χ0n) is 19.4. The van der Waals surface area contributed by atoms with Crippen molar-refractivity contribution < 1.29 is 14.3 Å². The van der Waals surface area contributed by atoms with Gasteiger partial charge in [-0.15, -0.1) is 5.92 Å². The Hall–Kier alpha value is -3.82. The van der Waals surface area contributed by atoms with Crippen LogP contribution >= 0.6 is 0 Å². The molecule has 1 aromatic heterocycles. The molecule has 1 aliphatic heterocycles. The number of pyridine rings is 1. The van der Waals surface area contributed by atoms with E-state index in [0.29, 0.717) is 25.3 Å². The summed E-state index contributed by atoms with van der Waals surface area (Å²) in [7, 11) is 0. The molecule has 34 heavy (non-hydrogen) atoms. The first kappa shape index (κ1) is 23.3. The van der Waals surface area contributed by atoms with Crippen molar-refractivity contribution >= 4 is 11.6 Å². The monoisotopic (exact) mass is 455 g/mol. The van der Waals surface area contributed by atoms with Gasteiger partial charge >= 0.3 is 0 Å². The Morgan fingerprint density at radius 3 is 2.44 bits per heavy atom. The minimum Gasteiger partial charge on any atom is -0.481 e. The molecule has 6 heteroatoms. The number of carbonyl (C=O) groups is 1. The van der Waals surface area contributed by atoms with Gasteiger partial charge in [-0.3, -0.25) is 9.78 Å². The van der Waals surface area contributed by atoms with Crippen LogP contribution in [0.4, 0.5) is 5.69 Å². The van der Waals surface area contributed by atoms with Gasteiger partial charge in [0.15, 0.2) is 0 Å². The van der Waals surface area contributed by atoms with Crippen molar-refractivity contribution in [1.82, 2.24) is 9.88 Å². The fourth-order valence-corrected chi connectivity index (χ4v) is 3.83. The molecule has 0 N–H and O–H groups in total. The van der Waals surface area contributed by atoms with E-state index in [1.54, 1.807) is 19.3 Å². The highest BCUT2D eigenvalue weighted by molar-refractivity contribution is 5.94. The smallest absolute Gasteiger partial charge is 0.254 e.